The number of carbonyl (C=O) groups excluding carboxylic acids is 1. The van der Waals surface area contributed by atoms with Crippen LogP contribution in [0.5, 0.6) is 0 Å². The minimum Gasteiger partial charge on any atom is -0.375 e. The predicted octanol–water partition coefficient (Wildman–Crippen LogP) is 3.65. The Balaban J connectivity index is 1.35. The number of amides is 1. The second-order valence-corrected chi connectivity index (χ2v) is 10.1. The van der Waals surface area contributed by atoms with Gasteiger partial charge in [-0.1, -0.05) is 13.8 Å². The number of halogens is 3. The van der Waals surface area contributed by atoms with E-state index < -0.39 is 17.2 Å². The van der Waals surface area contributed by atoms with Crippen molar-refractivity contribution >= 4 is 5.91 Å². The molecule has 1 saturated carbocycles. The zero-order valence-corrected chi connectivity index (χ0v) is 18.1. The lowest BCUT2D eigenvalue weighted by molar-refractivity contribution is -0.146. The van der Waals surface area contributed by atoms with Crippen molar-refractivity contribution in [3.8, 4) is 0 Å². The normalized spacial score (nSPS) is 33.4. The molecule has 0 unspecified atom stereocenters. The Morgan fingerprint density at radius 3 is 2.77 bits per heavy atom. The molecule has 8 heteroatoms. The Morgan fingerprint density at radius 2 is 2.13 bits per heavy atom. The number of carbonyl (C=O) groups is 1. The minimum atomic E-state index is -4.43. The fourth-order valence-electron chi connectivity index (χ4n) is 6.24. The lowest BCUT2D eigenvalue weighted by atomic mass is 9.73. The number of nitrogens with zero attached hydrogens (tertiary/aromatic N) is 3. The van der Waals surface area contributed by atoms with E-state index in [4.69, 9.17) is 4.74 Å². The van der Waals surface area contributed by atoms with Gasteiger partial charge in [0.2, 0.25) is 5.91 Å². The summed E-state index contributed by atoms with van der Waals surface area (Å²) in [5.41, 5.74) is 0.0104. The summed E-state index contributed by atoms with van der Waals surface area (Å²) in [6.07, 6.45) is 1.08. The van der Waals surface area contributed by atoms with Gasteiger partial charge >= 0.3 is 6.18 Å². The molecule has 5 nitrogen and oxygen atoms in total. The first-order valence-electron chi connectivity index (χ1n) is 11.4. The van der Waals surface area contributed by atoms with Crippen molar-refractivity contribution in [2.24, 2.45) is 11.3 Å². The zero-order valence-electron chi connectivity index (χ0n) is 18.1. The third-order valence-corrected chi connectivity index (χ3v) is 8.12. The summed E-state index contributed by atoms with van der Waals surface area (Å²) < 4.78 is 45.2. The smallest absolute Gasteiger partial charge is 0.375 e. The van der Waals surface area contributed by atoms with Crippen molar-refractivity contribution < 1.29 is 22.7 Å². The monoisotopic (exact) mass is 437 g/mol. The topological polar surface area (TPSA) is 45.7 Å². The van der Waals surface area contributed by atoms with E-state index in [1.165, 1.54) is 6.07 Å². The first kappa shape index (κ1) is 21.2. The molecular weight excluding hydrogens is 407 g/mol. The molecule has 5 rings (SSSR count). The SMILES string of the molecule is CC(C)[C@]1(C(=O)N2CCc3ncc(C(F)(F)F)cc3C2)CC[C@H](N2C[C@@H]3C[C@H]2CO3)C1. The van der Waals surface area contributed by atoms with Gasteiger partial charge in [-0.3, -0.25) is 14.7 Å². The minimum absolute atomic E-state index is 0.105. The molecule has 170 valence electrons. The summed E-state index contributed by atoms with van der Waals surface area (Å²) >= 11 is 0. The average Bonchev–Trinajstić information content (AvgIpc) is 3.47. The largest absolute Gasteiger partial charge is 0.417 e. The maximum Gasteiger partial charge on any atom is 0.417 e. The number of ether oxygens (including phenoxy) is 1. The van der Waals surface area contributed by atoms with Crippen LogP contribution < -0.4 is 0 Å². The van der Waals surface area contributed by atoms with Crippen LogP contribution in [0.2, 0.25) is 0 Å². The molecule has 1 aliphatic carbocycles. The summed E-state index contributed by atoms with van der Waals surface area (Å²) in [6.45, 7) is 6.71. The summed E-state index contributed by atoms with van der Waals surface area (Å²) in [5, 5.41) is 0. The molecule has 0 N–H and O–H groups in total. The number of hydrogen-bond acceptors (Lipinski definition) is 4. The van der Waals surface area contributed by atoms with Crippen LogP contribution >= 0.6 is 0 Å². The lowest BCUT2D eigenvalue weighted by Crippen LogP contribution is -2.49. The van der Waals surface area contributed by atoms with Crippen molar-refractivity contribution in [1.29, 1.82) is 0 Å². The number of rotatable bonds is 3. The third-order valence-electron chi connectivity index (χ3n) is 8.12. The molecule has 31 heavy (non-hydrogen) atoms. The van der Waals surface area contributed by atoms with Gasteiger partial charge in [0.1, 0.15) is 0 Å². The van der Waals surface area contributed by atoms with Gasteiger partial charge in [0, 0.05) is 50.0 Å². The fourth-order valence-corrected chi connectivity index (χ4v) is 6.24. The number of fused-ring (bicyclic) bond motifs is 3. The Morgan fingerprint density at radius 1 is 1.32 bits per heavy atom. The molecule has 0 spiro atoms. The molecule has 4 atom stereocenters. The van der Waals surface area contributed by atoms with Crippen LogP contribution in [0.4, 0.5) is 13.2 Å². The molecule has 4 heterocycles. The van der Waals surface area contributed by atoms with E-state index >= 15 is 0 Å². The van der Waals surface area contributed by atoms with Gasteiger partial charge in [-0.2, -0.15) is 13.2 Å². The lowest BCUT2D eigenvalue weighted by Gasteiger charge is -2.40. The van der Waals surface area contributed by atoms with Gasteiger partial charge in [0.25, 0.3) is 0 Å². The Hall–Kier alpha value is -1.67. The van der Waals surface area contributed by atoms with Gasteiger partial charge in [-0.05, 0) is 43.2 Å². The molecule has 4 aliphatic rings. The number of pyridine rings is 1. The Kier molecular flexibility index (Phi) is 5.09. The second-order valence-electron chi connectivity index (χ2n) is 10.1. The Labute approximate surface area is 180 Å². The number of hydrogen-bond donors (Lipinski definition) is 0. The van der Waals surface area contributed by atoms with Crippen molar-refractivity contribution in [3.63, 3.8) is 0 Å². The molecule has 1 amide bonds. The van der Waals surface area contributed by atoms with Crippen LogP contribution in [0, 0.1) is 11.3 Å². The number of alkyl halides is 3. The summed E-state index contributed by atoms with van der Waals surface area (Å²) in [5.74, 6) is 0.288. The van der Waals surface area contributed by atoms with Crippen LogP contribution in [-0.2, 0) is 28.7 Å². The van der Waals surface area contributed by atoms with Crippen molar-refractivity contribution in [1.82, 2.24) is 14.8 Å². The van der Waals surface area contributed by atoms with E-state index in [1.54, 1.807) is 4.90 Å². The second kappa shape index (κ2) is 7.44. The molecule has 3 fully saturated rings. The van der Waals surface area contributed by atoms with E-state index in [9.17, 15) is 18.0 Å². The highest BCUT2D eigenvalue weighted by Crippen LogP contribution is 2.49. The molecular formula is C23H30F3N3O2. The maximum atomic E-state index is 13.8. The van der Waals surface area contributed by atoms with Crippen LogP contribution in [-0.4, -0.2) is 58.6 Å². The van der Waals surface area contributed by atoms with Crippen LogP contribution in [0.25, 0.3) is 0 Å². The van der Waals surface area contributed by atoms with E-state index in [1.807, 2.05) is 0 Å². The first-order chi connectivity index (χ1) is 14.7. The molecule has 1 aromatic rings. The molecule has 3 aliphatic heterocycles. The quantitative estimate of drug-likeness (QED) is 0.724. The van der Waals surface area contributed by atoms with E-state index in [-0.39, 0.29) is 18.4 Å². The average molecular weight is 438 g/mol. The van der Waals surface area contributed by atoms with Gasteiger partial charge in [0.15, 0.2) is 0 Å². The standard InChI is InChI=1S/C23H30F3N3O2/c1-14(2)22(5-3-17(9-22)29-12-19-8-18(29)13-31-19)21(30)28-6-4-20-15(11-28)7-16(10-27-20)23(24,25)26/h7,10,14,17-19H,3-6,8-9,11-13H2,1-2H3/t17-,18-,19-,22-/m0/s1. The van der Waals surface area contributed by atoms with Crippen LogP contribution in [0.1, 0.15) is 56.4 Å². The van der Waals surface area contributed by atoms with E-state index in [0.29, 0.717) is 42.4 Å². The highest BCUT2D eigenvalue weighted by Gasteiger charge is 2.53. The van der Waals surface area contributed by atoms with Crippen LogP contribution in [0.15, 0.2) is 12.3 Å². The van der Waals surface area contributed by atoms with Crippen LogP contribution in [0.3, 0.4) is 0 Å². The van der Waals surface area contributed by atoms with Gasteiger partial charge in [-0.25, -0.2) is 0 Å². The predicted molar refractivity (Wildman–Crippen MR) is 108 cm³/mol. The summed E-state index contributed by atoms with van der Waals surface area (Å²) in [7, 11) is 0. The van der Waals surface area contributed by atoms with Crippen molar-refractivity contribution in [2.75, 3.05) is 19.7 Å². The highest BCUT2D eigenvalue weighted by atomic mass is 19.4. The van der Waals surface area contributed by atoms with Crippen molar-refractivity contribution in [3.05, 3.63) is 29.1 Å². The fraction of sp³-hybridized carbons (Fsp3) is 0.739. The van der Waals surface area contributed by atoms with Crippen molar-refractivity contribution in [2.45, 2.75) is 76.9 Å². The number of likely N-dealkylation sites (tertiary alicyclic amines) is 1. The first-order valence-corrected chi connectivity index (χ1v) is 11.4. The zero-order chi connectivity index (χ0) is 22.0. The number of morpholine rings is 1. The molecule has 1 aromatic heterocycles. The van der Waals surface area contributed by atoms with E-state index in [2.05, 4.69) is 23.7 Å². The summed E-state index contributed by atoms with van der Waals surface area (Å²) in [6, 6.07) is 2.03. The van der Waals surface area contributed by atoms with E-state index in [0.717, 1.165) is 45.0 Å². The highest BCUT2D eigenvalue weighted by molar-refractivity contribution is 5.83. The molecule has 0 aromatic carbocycles. The summed E-state index contributed by atoms with van der Waals surface area (Å²) in [4.78, 5) is 22.2. The molecule has 2 saturated heterocycles. The van der Waals surface area contributed by atoms with Gasteiger partial charge in [0.05, 0.1) is 23.7 Å². The maximum absolute atomic E-state index is 13.8. The Bertz CT molecular complexity index is 874. The molecule has 0 radical (unpaired) electrons. The van der Waals surface area contributed by atoms with Gasteiger partial charge in [-0.15, -0.1) is 0 Å². The van der Waals surface area contributed by atoms with Gasteiger partial charge < -0.3 is 9.64 Å². The third kappa shape index (κ3) is 3.55. The molecule has 2 bridgehead atoms. The number of aromatic nitrogens is 1.